The molecule has 0 saturated carbocycles. The van der Waals surface area contributed by atoms with E-state index in [4.69, 9.17) is 28.1 Å². The molecule has 0 fully saturated rings. The van der Waals surface area contributed by atoms with E-state index in [9.17, 15) is 8.42 Å². The maximum Gasteiger partial charge on any atom is 0.233 e. The number of methoxy groups -OCH3 is 3. The Morgan fingerprint density at radius 2 is 1.59 bits per heavy atom. The molecule has 0 atom stereocenters. The van der Waals surface area contributed by atoms with Crippen molar-refractivity contribution in [2.24, 2.45) is 0 Å². The second-order valence-corrected chi connectivity index (χ2v) is 10.4. The molecule has 2 heterocycles. The molecule has 0 saturated heterocycles. The van der Waals surface area contributed by atoms with Gasteiger partial charge in [0.2, 0.25) is 26.6 Å². The van der Waals surface area contributed by atoms with Crippen LogP contribution in [-0.2, 0) is 16.3 Å². The second-order valence-electron chi connectivity index (χ2n) is 8.56. The van der Waals surface area contributed by atoms with Gasteiger partial charge in [-0.1, -0.05) is 12.1 Å². The molecular formula is C28H28N2O8S. The van der Waals surface area contributed by atoms with Crippen LogP contribution in [0.4, 0.5) is 5.88 Å². The van der Waals surface area contributed by atoms with Crippen molar-refractivity contribution in [2.45, 2.75) is 16.3 Å². The van der Waals surface area contributed by atoms with E-state index in [0.29, 0.717) is 54.7 Å². The van der Waals surface area contributed by atoms with E-state index in [1.807, 2.05) is 24.3 Å². The van der Waals surface area contributed by atoms with Crippen LogP contribution >= 0.6 is 0 Å². The predicted molar refractivity (Wildman–Crippen MR) is 143 cm³/mol. The smallest absolute Gasteiger partial charge is 0.233 e. The molecule has 1 aliphatic heterocycles. The van der Waals surface area contributed by atoms with Crippen molar-refractivity contribution in [2.75, 3.05) is 46.4 Å². The monoisotopic (exact) mass is 552 g/mol. The topological polar surface area (TPSA) is 118 Å². The molecule has 1 aliphatic rings. The molecule has 0 radical (unpaired) electrons. The number of hydrogen-bond acceptors (Lipinski definition) is 10. The van der Waals surface area contributed by atoms with E-state index in [1.165, 1.54) is 26.4 Å². The third kappa shape index (κ3) is 5.44. The molecule has 11 heteroatoms. The molecule has 0 amide bonds. The molecule has 0 aliphatic carbocycles. The number of sulfone groups is 1. The zero-order valence-electron chi connectivity index (χ0n) is 21.7. The molecule has 3 aromatic carbocycles. The Kier molecular flexibility index (Phi) is 7.51. The number of fused-ring (bicyclic) bond motifs is 1. The first kappa shape index (κ1) is 26.2. The van der Waals surface area contributed by atoms with Crippen molar-refractivity contribution in [3.05, 3.63) is 66.2 Å². The number of oxazole rings is 1. The molecule has 10 nitrogen and oxygen atoms in total. The van der Waals surface area contributed by atoms with Crippen LogP contribution in [0.5, 0.6) is 28.7 Å². The largest absolute Gasteiger partial charge is 0.497 e. The minimum Gasteiger partial charge on any atom is -0.497 e. The number of hydrogen-bond donors (Lipinski definition) is 1. The summed E-state index contributed by atoms with van der Waals surface area (Å²) in [7, 11) is 0.561. The zero-order valence-corrected chi connectivity index (χ0v) is 22.5. The van der Waals surface area contributed by atoms with E-state index >= 15 is 0 Å². The Morgan fingerprint density at radius 1 is 0.846 bits per heavy atom. The Bertz CT molecular complexity index is 1570. The first-order chi connectivity index (χ1) is 18.9. The van der Waals surface area contributed by atoms with Gasteiger partial charge in [0.05, 0.1) is 26.2 Å². The van der Waals surface area contributed by atoms with E-state index in [2.05, 4.69) is 10.3 Å². The Hall–Kier alpha value is -4.38. The second kappa shape index (κ2) is 11.2. The van der Waals surface area contributed by atoms with Crippen molar-refractivity contribution in [1.82, 2.24) is 4.98 Å². The molecule has 1 N–H and O–H groups in total. The Morgan fingerprint density at radius 3 is 2.31 bits per heavy atom. The van der Waals surface area contributed by atoms with E-state index in [0.717, 1.165) is 11.3 Å². The zero-order chi connectivity index (χ0) is 27.4. The van der Waals surface area contributed by atoms with Crippen LogP contribution in [0.1, 0.15) is 5.56 Å². The van der Waals surface area contributed by atoms with Gasteiger partial charge in [-0.3, -0.25) is 0 Å². The quantitative estimate of drug-likeness (QED) is 0.298. The van der Waals surface area contributed by atoms with Gasteiger partial charge in [0.25, 0.3) is 0 Å². The Labute approximate surface area is 226 Å². The molecular weight excluding hydrogens is 524 g/mol. The van der Waals surface area contributed by atoms with Crippen molar-refractivity contribution < 1.29 is 36.5 Å². The third-order valence-corrected chi connectivity index (χ3v) is 7.82. The molecule has 0 bridgehead atoms. The van der Waals surface area contributed by atoms with Gasteiger partial charge in [-0.25, -0.2) is 8.42 Å². The summed E-state index contributed by atoms with van der Waals surface area (Å²) in [6.07, 6.45) is 0.611. The predicted octanol–water partition coefficient (Wildman–Crippen LogP) is 4.63. The first-order valence-electron chi connectivity index (χ1n) is 12.2. The van der Waals surface area contributed by atoms with Crippen LogP contribution in [0.25, 0.3) is 11.5 Å². The van der Waals surface area contributed by atoms with Crippen LogP contribution < -0.4 is 29.0 Å². The SMILES string of the molecule is COc1ccc(CCNc2oc(-c3ccc(OC)c(OC)c3)nc2S(=O)(=O)c2ccc3c(c2)OCCO3)cc1. The fourth-order valence-electron chi connectivity index (χ4n) is 4.11. The number of benzene rings is 3. The number of nitrogens with zero attached hydrogens (tertiary/aromatic N) is 1. The van der Waals surface area contributed by atoms with E-state index < -0.39 is 9.84 Å². The maximum absolute atomic E-state index is 13.8. The summed E-state index contributed by atoms with van der Waals surface area (Å²) >= 11 is 0. The van der Waals surface area contributed by atoms with Crippen molar-refractivity contribution in [1.29, 1.82) is 0 Å². The summed E-state index contributed by atoms with van der Waals surface area (Å²) in [6, 6.07) is 17.2. The van der Waals surface area contributed by atoms with Gasteiger partial charge in [0.15, 0.2) is 23.0 Å². The lowest BCUT2D eigenvalue weighted by Crippen LogP contribution is -2.16. The highest BCUT2D eigenvalue weighted by Crippen LogP contribution is 2.38. The average molecular weight is 553 g/mol. The van der Waals surface area contributed by atoms with Gasteiger partial charge >= 0.3 is 0 Å². The van der Waals surface area contributed by atoms with Gasteiger partial charge < -0.3 is 33.4 Å². The number of nitrogens with one attached hydrogen (secondary N) is 1. The van der Waals surface area contributed by atoms with Crippen molar-refractivity contribution in [3.8, 4) is 40.2 Å². The molecule has 39 heavy (non-hydrogen) atoms. The molecule has 0 spiro atoms. The highest BCUT2D eigenvalue weighted by Gasteiger charge is 2.30. The van der Waals surface area contributed by atoms with Gasteiger partial charge in [-0.05, 0) is 54.4 Å². The van der Waals surface area contributed by atoms with Crippen LogP contribution in [0.15, 0.2) is 75.0 Å². The molecule has 4 aromatic rings. The highest BCUT2D eigenvalue weighted by molar-refractivity contribution is 7.91. The maximum atomic E-state index is 13.8. The minimum absolute atomic E-state index is 0.0112. The van der Waals surface area contributed by atoms with E-state index in [1.54, 1.807) is 31.4 Å². The summed E-state index contributed by atoms with van der Waals surface area (Å²) in [6.45, 7) is 1.14. The van der Waals surface area contributed by atoms with Crippen LogP contribution in [0, 0.1) is 0 Å². The summed E-state index contributed by atoms with van der Waals surface area (Å²) in [5, 5.41) is 2.88. The Balaban J connectivity index is 1.49. The molecule has 1 aromatic heterocycles. The standard InChI is InChI=1S/C28H28N2O8S/c1-33-20-7-4-18(5-8-20)12-13-29-27-28(30-26(38-27)19-6-10-22(34-2)24(16-19)35-3)39(31,32)21-9-11-23-25(17-21)37-15-14-36-23/h4-11,16-17,29H,12-15H2,1-3H3. The number of anilines is 1. The summed E-state index contributed by atoms with van der Waals surface area (Å²) in [4.78, 5) is 4.43. The van der Waals surface area contributed by atoms with E-state index in [-0.39, 0.29) is 21.7 Å². The summed E-state index contributed by atoms with van der Waals surface area (Å²) in [5.74, 6) is 2.73. The van der Waals surface area contributed by atoms with Crippen molar-refractivity contribution in [3.63, 3.8) is 0 Å². The molecule has 5 rings (SSSR count). The molecule has 0 unspecified atom stereocenters. The van der Waals surface area contributed by atoms with Gasteiger partial charge in [0.1, 0.15) is 19.0 Å². The number of aromatic nitrogens is 1. The van der Waals surface area contributed by atoms with Crippen molar-refractivity contribution >= 4 is 15.7 Å². The van der Waals surface area contributed by atoms with Crippen LogP contribution in [0.3, 0.4) is 0 Å². The van der Waals surface area contributed by atoms with Gasteiger partial charge in [-0.15, -0.1) is 0 Å². The highest BCUT2D eigenvalue weighted by atomic mass is 32.2. The average Bonchev–Trinajstić information content (AvgIpc) is 3.42. The van der Waals surface area contributed by atoms with Gasteiger partial charge in [0, 0.05) is 18.2 Å². The van der Waals surface area contributed by atoms with Gasteiger partial charge in [-0.2, -0.15) is 4.98 Å². The number of ether oxygens (including phenoxy) is 5. The fraction of sp³-hybridized carbons (Fsp3) is 0.250. The normalized spacial score (nSPS) is 12.6. The summed E-state index contributed by atoms with van der Waals surface area (Å²) < 4.78 is 60.6. The lowest BCUT2D eigenvalue weighted by molar-refractivity contribution is 0.171. The summed E-state index contributed by atoms with van der Waals surface area (Å²) in [5.41, 5.74) is 1.56. The number of rotatable bonds is 10. The first-order valence-corrected chi connectivity index (χ1v) is 13.7. The minimum atomic E-state index is -4.10. The van der Waals surface area contributed by atoms with Crippen LogP contribution in [-0.4, -0.2) is 54.5 Å². The lowest BCUT2D eigenvalue weighted by atomic mass is 10.1. The molecule has 204 valence electrons. The lowest BCUT2D eigenvalue weighted by Gasteiger charge is -2.18. The third-order valence-electron chi connectivity index (χ3n) is 6.16. The fourth-order valence-corrected chi connectivity index (χ4v) is 5.40. The van der Waals surface area contributed by atoms with Crippen LogP contribution in [0.2, 0.25) is 0 Å².